The quantitative estimate of drug-likeness (QED) is 0.797. The number of nitrogens with two attached hydrogens (primary N) is 1. The zero-order chi connectivity index (χ0) is 10.8. The van der Waals surface area contributed by atoms with Crippen molar-refractivity contribution in [2.75, 3.05) is 0 Å². The molecule has 0 aliphatic heterocycles. The molecule has 0 bridgehead atoms. The SMILES string of the molecule is Cc1ccc2c(n1)C(CC(N)=O)CCC2. The van der Waals surface area contributed by atoms with Gasteiger partial charge in [-0.15, -0.1) is 0 Å². The van der Waals surface area contributed by atoms with Crippen LogP contribution in [0.5, 0.6) is 0 Å². The first kappa shape index (κ1) is 10.1. The summed E-state index contributed by atoms with van der Waals surface area (Å²) in [6, 6.07) is 4.16. The number of amides is 1. The van der Waals surface area contributed by atoms with Gasteiger partial charge in [0.2, 0.25) is 5.91 Å². The molecule has 1 unspecified atom stereocenters. The maximum absolute atomic E-state index is 11.0. The van der Waals surface area contributed by atoms with Gasteiger partial charge >= 0.3 is 0 Å². The zero-order valence-electron chi connectivity index (χ0n) is 8.99. The smallest absolute Gasteiger partial charge is 0.218 e. The lowest BCUT2D eigenvalue weighted by molar-refractivity contribution is -0.118. The number of nitrogens with zero attached hydrogens (tertiary/aromatic N) is 1. The molecule has 0 fully saturated rings. The van der Waals surface area contributed by atoms with Crippen LogP contribution in [0.25, 0.3) is 0 Å². The molecule has 1 amide bonds. The molecule has 3 nitrogen and oxygen atoms in total. The predicted octanol–water partition coefficient (Wildman–Crippen LogP) is 1.69. The topological polar surface area (TPSA) is 56.0 Å². The first-order chi connectivity index (χ1) is 7.16. The molecule has 1 aliphatic rings. The molecule has 3 heteroatoms. The summed E-state index contributed by atoms with van der Waals surface area (Å²) in [5.41, 5.74) is 8.66. The molecule has 0 aromatic carbocycles. The lowest BCUT2D eigenvalue weighted by Crippen LogP contribution is -2.20. The van der Waals surface area contributed by atoms with Crippen molar-refractivity contribution >= 4 is 5.91 Å². The fourth-order valence-electron chi connectivity index (χ4n) is 2.29. The van der Waals surface area contributed by atoms with Crippen LogP contribution >= 0.6 is 0 Å². The summed E-state index contributed by atoms with van der Waals surface area (Å²) in [6.45, 7) is 1.98. The van der Waals surface area contributed by atoms with Crippen molar-refractivity contribution in [2.45, 2.75) is 38.5 Å². The Bertz CT molecular complexity index is 387. The second-order valence-corrected chi connectivity index (χ2v) is 4.26. The number of carbonyl (C=O) groups excluding carboxylic acids is 1. The van der Waals surface area contributed by atoms with Crippen LogP contribution in [0.3, 0.4) is 0 Å². The largest absolute Gasteiger partial charge is 0.370 e. The fraction of sp³-hybridized carbons (Fsp3) is 0.500. The Morgan fingerprint density at radius 3 is 3.13 bits per heavy atom. The minimum atomic E-state index is -0.226. The molecule has 0 saturated carbocycles. The van der Waals surface area contributed by atoms with Crippen LogP contribution in [0.2, 0.25) is 0 Å². The van der Waals surface area contributed by atoms with Gasteiger partial charge in [0.25, 0.3) is 0 Å². The average Bonchev–Trinajstić information content (AvgIpc) is 2.18. The van der Waals surface area contributed by atoms with E-state index < -0.39 is 0 Å². The number of fused-ring (bicyclic) bond motifs is 1. The van der Waals surface area contributed by atoms with E-state index in [1.54, 1.807) is 0 Å². The Labute approximate surface area is 89.7 Å². The first-order valence-electron chi connectivity index (χ1n) is 5.41. The fourth-order valence-corrected chi connectivity index (χ4v) is 2.29. The normalized spacial score (nSPS) is 19.7. The van der Waals surface area contributed by atoms with Gasteiger partial charge in [0.05, 0.1) is 0 Å². The van der Waals surface area contributed by atoms with E-state index in [1.165, 1.54) is 5.56 Å². The Balaban J connectivity index is 2.32. The van der Waals surface area contributed by atoms with Crippen LogP contribution < -0.4 is 5.73 Å². The lowest BCUT2D eigenvalue weighted by Gasteiger charge is -2.23. The first-order valence-corrected chi connectivity index (χ1v) is 5.41. The van der Waals surface area contributed by atoms with Crippen molar-refractivity contribution in [1.29, 1.82) is 0 Å². The van der Waals surface area contributed by atoms with E-state index in [9.17, 15) is 4.79 Å². The summed E-state index contributed by atoms with van der Waals surface area (Å²) in [5, 5.41) is 0. The van der Waals surface area contributed by atoms with Crippen LogP contribution in [-0.4, -0.2) is 10.9 Å². The molecule has 0 radical (unpaired) electrons. The van der Waals surface area contributed by atoms with E-state index in [4.69, 9.17) is 5.73 Å². The van der Waals surface area contributed by atoms with Gasteiger partial charge in [0.15, 0.2) is 0 Å². The van der Waals surface area contributed by atoms with Gasteiger partial charge in [-0.1, -0.05) is 6.07 Å². The third-order valence-corrected chi connectivity index (χ3v) is 2.98. The summed E-state index contributed by atoms with van der Waals surface area (Å²) in [4.78, 5) is 15.5. The number of aryl methyl sites for hydroxylation is 2. The summed E-state index contributed by atoms with van der Waals surface area (Å²) in [5.74, 6) is 0.0160. The third-order valence-electron chi connectivity index (χ3n) is 2.98. The van der Waals surface area contributed by atoms with Gasteiger partial charge in [0.1, 0.15) is 0 Å². The monoisotopic (exact) mass is 204 g/mol. The van der Waals surface area contributed by atoms with E-state index in [0.29, 0.717) is 6.42 Å². The van der Waals surface area contributed by atoms with E-state index in [0.717, 1.165) is 30.7 Å². The summed E-state index contributed by atoms with van der Waals surface area (Å²) >= 11 is 0. The highest BCUT2D eigenvalue weighted by Crippen LogP contribution is 2.32. The second-order valence-electron chi connectivity index (χ2n) is 4.26. The van der Waals surface area contributed by atoms with Crippen molar-refractivity contribution in [1.82, 2.24) is 4.98 Å². The second kappa shape index (κ2) is 4.01. The standard InChI is InChI=1S/C12H16N2O/c1-8-5-6-9-3-2-4-10(7-11(13)15)12(9)14-8/h5-6,10H,2-4,7H2,1H3,(H2,13,15). The highest BCUT2D eigenvalue weighted by molar-refractivity contribution is 5.74. The molecule has 1 aliphatic carbocycles. The Morgan fingerprint density at radius 1 is 1.60 bits per heavy atom. The molecule has 80 valence electrons. The predicted molar refractivity (Wildman–Crippen MR) is 58.5 cm³/mol. The summed E-state index contributed by atoms with van der Waals surface area (Å²) in [7, 11) is 0. The maximum Gasteiger partial charge on any atom is 0.218 e. The highest BCUT2D eigenvalue weighted by Gasteiger charge is 2.23. The molecule has 2 rings (SSSR count). The molecule has 15 heavy (non-hydrogen) atoms. The summed E-state index contributed by atoms with van der Waals surface area (Å²) < 4.78 is 0. The van der Waals surface area contributed by atoms with Gasteiger partial charge in [-0.25, -0.2) is 0 Å². The third kappa shape index (κ3) is 2.17. The Morgan fingerprint density at radius 2 is 2.40 bits per heavy atom. The average molecular weight is 204 g/mol. The van der Waals surface area contributed by atoms with Gasteiger partial charge in [-0.3, -0.25) is 9.78 Å². The van der Waals surface area contributed by atoms with Gasteiger partial charge in [-0.2, -0.15) is 0 Å². The van der Waals surface area contributed by atoms with Crippen LogP contribution in [0.1, 0.15) is 42.1 Å². The van der Waals surface area contributed by atoms with E-state index in [-0.39, 0.29) is 11.8 Å². The van der Waals surface area contributed by atoms with Crippen LogP contribution in [0.4, 0.5) is 0 Å². The molecule has 1 atom stereocenters. The number of rotatable bonds is 2. The van der Waals surface area contributed by atoms with Crippen LogP contribution in [-0.2, 0) is 11.2 Å². The summed E-state index contributed by atoms with van der Waals surface area (Å²) in [6.07, 6.45) is 3.68. The molecular weight excluding hydrogens is 188 g/mol. The van der Waals surface area contributed by atoms with Crippen molar-refractivity contribution in [2.24, 2.45) is 5.73 Å². The van der Waals surface area contributed by atoms with E-state index >= 15 is 0 Å². The van der Waals surface area contributed by atoms with Crippen molar-refractivity contribution < 1.29 is 4.79 Å². The Hall–Kier alpha value is -1.38. The highest BCUT2D eigenvalue weighted by atomic mass is 16.1. The minimum Gasteiger partial charge on any atom is -0.370 e. The van der Waals surface area contributed by atoms with Gasteiger partial charge < -0.3 is 5.73 Å². The van der Waals surface area contributed by atoms with Gasteiger partial charge in [0, 0.05) is 23.7 Å². The molecule has 0 saturated heterocycles. The number of primary amides is 1. The van der Waals surface area contributed by atoms with E-state index in [2.05, 4.69) is 11.1 Å². The van der Waals surface area contributed by atoms with Crippen LogP contribution in [0.15, 0.2) is 12.1 Å². The van der Waals surface area contributed by atoms with E-state index in [1.807, 2.05) is 13.0 Å². The molecule has 1 aromatic rings. The molecule has 0 spiro atoms. The lowest BCUT2D eigenvalue weighted by atomic mass is 9.84. The number of hydrogen-bond acceptors (Lipinski definition) is 2. The Kier molecular flexibility index (Phi) is 2.71. The van der Waals surface area contributed by atoms with Crippen molar-refractivity contribution in [3.05, 3.63) is 29.1 Å². The van der Waals surface area contributed by atoms with Gasteiger partial charge in [-0.05, 0) is 37.8 Å². The van der Waals surface area contributed by atoms with Crippen molar-refractivity contribution in [3.8, 4) is 0 Å². The molecule has 1 aromatic heterocycles. The minimum absolute atomic E-state index is 0.226. The zero-order valence-corrected chi connectivity index (χ0v) is 8.99. The van der Waals surface area contributed by atoms with Crippen molar-refractivity contribution in [3.63, 3.8) is 0 Å². The number of hydrogen-bond donors (Lipinski definition) is 1. The molecular formula is C12H16N2O. The van der Waals surface area contributed by atoms with Crippen LogP contribution in [0, 0.1) is 6.92 Å². The molecule has 2 N–H and O–H groups in total. The number of aromatic nitrogens is 1. The maximum atomic E-state index is 11.0. The number of carbonyl (C=O) groups is 1. The molecule has 1 heterocycles. The number of pyridine rings is 1.